The molecule has 0 saturated carbocycles. The summed E-state index contributed by atoms with van der Waals surface area (Å²) in [6.45, 7) is 0. The lowest BCUT2D eigenvalue weighted by atomic mass is 10.1. The first-order valence-electron chi connectivity index (χ1n) is 3.67. The topological polar surface area (TPSA) is 63.6 Å². The van der Waals surface area contributed by atoms with E-state index in [0.29, 0.717) is 4.47 Å². The van der Waals surface area contributed by atoms with E-state index in [9.17, 15) is 9.59 Å². The molecule has 0 aliphatic rings. The van der Waals surface area contributed by atoms with E-state index in [-0.39, 0.29) is 11.3 Å². The van der Waals surface area contributed by atoms with Gasteiger partial charge in [0.25, 0.3) is 5.78 Å². The van der Waals surface area contributed by atoms with Gasteiger partial charge in [-0.15, -0.1) is 0 Å². The van der Waals surface area contributed by atoms with E-state index in [1.165, 1.54) is 19.2 Å². The van der Waals surface area contributed by atoms with Crippen LogP contribution in [-0.4, -0.2) is 24.0 Å². The fourth-order valence-corrected chi connectivity index (χ4v) is 1.33. The van der Waals surface area contributed by atoms with E-state index < -0.39 is 11.8 Å². The van der Waals surface area contributed by atoms with Crippen LogP contribution >= 0.6 is 15.9 Å². The molecule has 0 fully saturated rings. The normalized spacial score (nSPS) is 9.57. The number of methoxy groups -OCH3 is 1. The Balaban J connectivity index is 3.23. The van der Waals surface area contributed by atoms with Crippen LogP contribution in [0.15, 0.2) is 22.7 Å². The Morgan fingerprint density at radius 3 is 2.57 bits per heavy atom. The first kappa shape index (κ1) is 10.7. The van der Waals surface area contributed by atoms with E-state index in [2.05, 4.69) is 15.9 Å². The molecule has 1 aromatic carbocycles. The third kappa shape index (κ3) is 2.11. The van der Waals surface area contributed by atoms with E-state index in [1.54, 1.807) is 6.07 Å². The molecule has 0 amide bonds. The lowest BCUT2D eigenvalue weighted by Crippen LogP contribution is -2.13. The van der Waals surface area contributed by atoms with Gasteiger partial charge in [0, 0.05) is 4.47 Å². The van der Waals surface area contributed by atoms with Crippen LogP contribution in [0.25, 0.3) is 0 Å². The number of hydrogen-bond acceptors (Lipinski definition) is 3. The number of hydrogen-bond donors (Lipinski definition) is 1. The van der Waals surface area contributed by atoms with Crippen LogP contribution in [0.4, 0.5) is 0 Å². The minimum atomic E-state index is -1.50. The Hall–Kier alpha value is -1.36. The average Bonchev–Trinajstić information content (AvgIpc) is 2.16. The van der Waals surface area contributed by atoms with Crippen LogP contribution in [-0.2, 0) is 4.79 Å². The number of rotatable bonds is 3. The zero-order valence-corrected chi connectivity index (χ0v) is 8.87. The predicted octanol–water partition coefficient (Wildman–Crippen LogP) is 1.72. The number of carbonyl (C=O) groups is 2. The largest absolute Gasteiger partial charge is 0.496 e. The highest BCUT2D eigenvalue weighted by atomic mass is 79.9. The molecule has 0 heterocycles. The smallest absolute Gasteiger partial charge is 0.377 e. The van der Waals surface area contributed by atoms with Crippen LogP contribution in [0, 0.1) is 0 Å². The number of ether oxygens (including phenoxy) is 1. The summed E-state index contributed by atoms with van der Waals surface area (Å²) in [6.07, 6.45) is 0. The summed E-state index contributed by atoms with van der Waals surface area (Å²) in [6, 6.07) is 4.60. The van der Waals surface area contributed by atoms with Gasteiger partial charge >= 0.3 is 5.97 Å². The molecule has 4 nitrogen and oxygen atoms in total. The molecule has 74 valence electrons. The Kier molecular flexibility index (Phi) is 3.24. The Morgan fingerprint density at radius 2 is 2.07 bits per heavy atom. The van der Waals surface area contributed by atoms with Gasteiger partial charge in [0.15, 0.2) is 0 Å². The molecule has 14 heavy (non-hydrogen) atoms. The number of aliphatic carboxylic acids is 1. The van der Waals surface area contributed by atoms with Crippen molar-refractivity contribution in [3.63, 3.8) is 0 Å². The van der Waals surface area contributed by atoms with Gasteiger partial charge in [0.05, 0.1) is 12.7 Å². The minimum Gasteiger partial charge on any atom is -0.496 e. The molecule has 1 rings (SSSR count). The summed E-state index contributed by atoms with van der Waals surface area (Å²) in [5.74, 6) is -2.23. The fourth-order valence-electron chi connectivity index (χ4n) is 0.973. The van der Waals surface area contributed by atoms with E-state index >= 15 is 0 Å². The average molecular weight is 259 g/mol. The number of ketones is 1. The molecule has 0 aliphatic carbocycles. The van der Waals surface area contributed by atoms with Gasteiger partial charge < -0.3 is 9.84 Å². The second kappa shape index (κ2) is 4.23. The summed E-state index contributed by atoms with van der Waals surface area (Å²) in [7, 11) is 1.38. The van der Waals surface area contributed by atoms with Gasteiger partial charge in [-0.3, -0.25) is 4.79 Å². The number of carbonyl (C=O) groups excluding carboxylic acids is 1. The number of carboxylic acid groups (broad SMARTS) is 1. The maximum atomic E-state index is 11.2. The fraction of sp³-hybridized carbons (Fsp3) is 0.111. The monoisotopic (exact) mass is 258 g/mol. The van der Waals surface area contributed by atoms with Crippen LogP contribution in [0.2, 0.25) is 0 Å². The van der Waals surface area contributed by atoms with E-state index in [4.69, 9.17) is 9.84 Å². The molecule has 0 atom stereocenters. The number of benzene rings is 1. The Bertz CT molecular complexity index is 386. The molecule has 1 N–H and O–H groups in total. The third-order valence-corrected chi connectivity index (χ3v) is 2.09. The molecule has 0 unspecified atom stereocenters. The molecule has 0 aromatic heterocycles. The minimum absolute atomic E-state index is 0.0365. The van der Waals surface area contributed by atoms with E-state index in [0.717, 1.165) is 0 Å². The molecule has 5 heteroatoms. The molecule has 0 aliphatic heterocycles. The Morgan fingerprint density at radius 1 is 1.43 bits per heavy atom. The van der Waals surface area contributed by atoms with Crippen molar-refractivity contribution in [2.24, 2.45) is 0 Å². The maximum absolute atomic E-state index is 11.2. The van der Waals surface area contributed by atoms with Crippen molar-refractivity contribution in [2.45, 2.75) is 0 Å². The van der Waals surface area contributed by atoms with Crippen molar-refractivity contribution in [2.75, 3.05) is 7.11 Å². The van der Waals surface area contributed by atoms with Crippen molar-refractivity contribution in [3.05, 3.63) is 28.2 Å². The second-order valence-electron chi connectivity index (χ2n) is 2.48. The van der Waals surface area contributed by atoms with Crippen molar-refractivity contribution in [3.8, 4) is 5.75 Å². The summed E-state index contributed by atoms with van der Waals surface area (Å²) in [5, 5.41) is 8.53. The standard InChI is InChI=1S/C9H7BrO4/c1-14-7-3-2-5(10)4-6(7)8(11)9(12)13/h2-4H,1H3,(H,12,13). The van der Waals surface area contributed by atoms with Crippen LogP contribution in [0.3, 0.4) is 0 Å². The predicted molar refractivity (Wildman–Crippen MR) is 52.7 cm³/mol. The Labute approximate surface area is 88.6 Å². The summed E-state index contributed by atoms with van der Waals surface area (Å²) in [4.78, 5) is 21.6. The molecular formula is C9H7BrO4. The van der Waals surface area contributed by atoms with Gasteiger partial charge in [-0.2, -0.15) is 0 Å². The highest BCUT2D eigenvalue weighted by molar-refractivity contribution is 9.10. The second-order valence-corrected chi connectivity index (χ2v) is 3.39. The molecule has 0 saturated heterocycles. The zero-order chi connectivity index (χ0) is 10.7. The van der Waals surface area contributed by atoms with Crippen LogP contribution in [0.5, 0.6) is 5.75 Å². The SMILES string of the molecule is COc1ccc(Br)cc1C(=O)C(=O)O. The van der Waals surface area contributed by atoms with Gasteiger partial charge in [-0.05, 0) is 18.2 Å². The summed E-state index contributed by atoms with van der Waals surface area (Å²) in [5.41, 5.74) is 0.0365. The van der Waals surface area contributed by atoms with Crippen molar-refractivity contribution in [1.82, 2.24) is 0 Å². The molecule has 0 bridgehead atoms. The lowest BCUT2D eigenvalue weighted by molar-refractivity contribution is -0.131. The van der Waals surface area contributed by atoms with E-state index in [1.807, 2.05) is 0 Å². The first-order chi connectivity index (χ1) is 6.56. The van der Waals surface area contributed by atoms with Crippen molar-refractivity contribution >= 4 is 27.7 Å². The zero-order valence-electron chi connectivity index (χ0n) is 7.28. The summed E-state index contributed by atoms with van der Waals surface area (Å²) < 4.78 is 5.49. The van der Waals surface area contributed by atoms with Crippen LogP contribution < -0.4 is 4.74 Å². The quantitative estimate of drug-likeness (QED) is 0.663. The highest BCUT2D eigenvalue weighted by Gasteiger charge is 2.19. The first-order valence-corrected chi connectivity index (χ1v) is 4.46. The maximum Gasteiger partial charge on any atom is 0.377 e. The number of carboxylic acids is 1. The summed E-state index contributed by atoms with van der Waals surface area (Å²) >= 11 is 3.14. The van der Waals surface area contributed by atoms with Gasteiger partial charge in [-0.1, -0.05) is 15.9 Å². The van der Waals surface area contributed by atoms with Gasteiger partial charge in [0.2, 0.25) is 0 Å². The van der Waals surface area contributed by atoms with Gasteiger partial charge in [-0.25, -0.2) is 4.79 Å². The van der Waals surface area contributed by atoms with Gasteiger partial charge in [0.1, 0.15) is 5.75 Å². The molecule has 0 spiro atoms. The molecule has 0 radical (unpaired) electrons. The number of halogens is 1. The molecule has 1 aromatic rings. The third-order valence-electron chi connectivity index (χ3n) is 1.60. The van der Waals surface area contributed by atoms with Crippen molar-refractivity contribution < 1.29 is 19.4 Å². The highest BCUT2D eigenvalue weighted by Crippen LogP contribution is 2.23. The number of Topliss-reactive ketones (excluding diaryl/α,β-unsaturated/α-hetero) is 1. The van der Waals surface area contributed by atoms with Crippen LogP contribution in [0.1, 0.15) is 10.4 Å². The lowest BCUT2D eigenvalue weighted by Gasteiger charge is -2.05. The van der Waals surface area contributed by atoms with Crippen molar-refractivity contribution in [1.29, 1.82) is 0 Å². The molecular weight excluding hydrogens is 252 g/mol.